The molecule has 0 aromatic carbocycles. The molecule has 2 aromatic heterocycles. The number of oxazole rings is 1. The van der Waals surface area contributed by atoms with E-state index >= 15 is 0 Å². The summed E-state index contributed by atoms with van der Waals surface area (Å²) in [6.07, 6.45) is 4.75. The molecule has 0 fully saturated rings. The van der Waals surface area contributed by atoms with Crippen LogP contribution >= 0.6 is 11.8 Å². The third kappa shape index (κ3) is 1.62. The van der Waals surface area contributed by atoms with Gasteiger partial charge < -0.3 is 4.42 Å². The lowest BCUT2D eigenvalue weighted by molar-refractivity contribution is 0.454. The molecule has 4 nitrogen and oxygen atoms in total. The highest BCUT2D eigenvalue weighted by molar-refractivity contribution is 7.99. The lowest BCUT2D eigenvalue weighted by Crippen LogP contribution is -1.81. The van der Waals surface area contributed by atoms with Crippen LogP contribution in [-0.2, 0) is 0 Å². The molecule has 0 aliphatic rings. The van der Waals surface area contributed by atoms with Crippen molar-refractivity contribution in [3.05, 3.63) is 30.8 Å². The average Bonchev–Trinajstić information content (AvgIpc) is 2.59. The molecule has 0 aliphatic carbocycles. The zero-order valence-electron chi connectivity index (χ0n) is 6.04. The summed E-state index contributed by atoms with van der Waals surface area (Å²) in [6.45, 7) is 0. The first-order valence-electron chi connectivity index (χ1n) is 3.30. The zero-order chi connectivity index (χ0) is 8.23. The van der Waals surface area contributed by atoms with E-state index in [1.54, 1.807) is 12.4 Å². The van der Waals surface area contributed by atoms with Gasteiger partial charge in [0.15, 0.2) is 0 Å². The van der Waals surface area contributed by atoms with E-state index in [-0.39, 0.29) is 0 Å². The van der Waals surface area contributed by atoms with E-state index in [2.05, 4.69) is 15.2 Å². The second-order valence-electron chi connectivity index (χ2n) is 1.96. The Hall–Kier alpha value is -1.36. The van der Waals surface area contributed by atoms with Crippen molar-refractivity contribution in [2.75, 3.05) is 0 Å². The van der Waals surface area contributed by atoms with Crippen molar-refractivity contribution in [3.63, 3.8) is 0 Å². The van der Waals surface area contributed by atoms with Crippen LogP contribution in [0.5, 0.6) is 0 Å². The molecular formula is C7H5N3OS. The molecule has 0 saturated heterocycles. The Labute approximate surface area is 73.0 Å². The molecule has 2 aromatic rings. The van der Waals surface area contributed by atoms with E-state index in [9.17, 15) is 0 Å². The molecule has 5 heteroatoms. The van der Waals surface area contributed by atoms with Crippen LogP contribution in [0.4, 0.5) is 0 Å². The van der Waals surface area contributed by atoms with Gasteiger partial charge in [0.05, 0.1) is 6.20 Å². The third-order valence-electron chi connectivity index (χ3n) is 1.15. The molecular weight excluding hydrogens is 174 g/mol. The SMILES string of the molecule is c1cnnc(Sc2ncco2)c1. The number of aromatic nitrogens is 3. The normalized spacial score (nSPS) is 10.0. The Balaban J connectivity index is 2.15. The van der Waals surface area contributed by atoms with Crippen molar-refractivity contribution in [2.24, 2.45) is 0 Å². The molecule has 60 valence electrons. The molecule has 2 heterocycles. The van der Waals surface area contributed by atoms with E-state index < -0.39 is 0 Å². The Morgan fingerprint density at radius 3 is 3.00 bits per heavy atom. The molecule has 0 amide bonds. The van der Waals surface area contributed by atoms with Gasteiger partial charge in [-0.2, -0.15) is 5.10 Å². The monoisotopic (exact) mass is 179 g/mol. The Kier molecular flexibility index (Phi) is 2.04. The maximum Gasteiger partial charge on any atom is 0.262 e. The Bertz CT molecular complexity index is 335. The van der Waals surface area contributed by atoms with Crippen molar-refractivity contribution in [1.82, 2.24) is 15.2 Å². The highest BCUT2D eigenvalue weighted by Gasteiger charge is 2.00. The van der Waals surface area contributed by atoms with Gasteiger partial charge in [0.1, 0.15) is 11.3 Å². The molecule has 0 bridgehead atoms. The largest absolute Gasteiger partial charge is 0.440 e. The van der Waals surface area contributed by atoms with Crippen LogP contribution in [0.1, 0.15) is 0 Å². The second-order valence-corrected chi connectivity index (χ2v) is 2.93. The second kappa shape index (κ2) is 3.36. The van der Waals surface area contributed by atoms with Crippen LogP contribution in [-0.4, -0.2) is 15.2 Å². The van der Waals surface area contributed by atoms with Crippen LogP contribution in [0.3, 0.4) is 0 Å². The minimum atomic E-state index is 0.579. The van der Waals surface area contributed by atoms with Gasteiger partial charge >= 0.3 is 0 Å². The first-order chi connectivity index (χ1) is 5.95. The van der Waals surface area contributed by atoms with Crippen molar-refractivity contribution in [2.45, 2.75) is 10.2 Å². The van der Waals surface area contributed by atoms with E-state index in [0.29, 0.717) is 5.22 Å². The average molecular weight is 179 g/mol. The Morgan fingerprint density at radius 2 is 2.33 bits per heavy atom. The summed E-state index contributed by atoms with van der Waals surface area (Å²) in [5.41, 5.74) is 0. The lowest BCUT2D eigenvalue weighted by atomic mass is 10.6. The molecule has 2 rings (SSSR count). The minimum Gasteiger partial charge on any atom is -0.440 e. The standard InChI is InChI=1S/C7H5N3OS/c1-2-6(10-9-3-1)12-7-8-4-5-11-7/h1-5H. The Morgan fingerprint density at radius 1 is 1.33 bits per heavy atom. The van der Waals surface area contributed by atoms with E-state index in [0.717, 1.165) is 5.03 Å². The van der Waals surface area contributed by atoms with Crippen molar-refractivity contribution in [3.8, 4) is 0 Å². The molecule has 0 atom stereocenters. The summed E-state index contributed by atoms with van der Waals surface area (Å²) in [4.78, 5) is 3.94. The highest BCUT2D eigenvalue weighted by Crippen LogP contribution is 2.22. The van der Waals surface area contributed by atoms with Crippen LogP contribution in [0.25, 0.3) is 0 Å². The fourth-order valence-electron chi connectivity index (χ4n) is 0.692. The molecule has 0 radical (unpaired) electrons. The van der Waals surface area contributed by atoms with Gasteiger partial charge in [0.2, 0.25) is 0 Å². The first-order valence-corrected chi connectivity index (χ1v) is 4.12. The van der Waals surface area contributed by atoms with E-state index in [1.807, 2.05) is 12.1 Å². The fourth-order valence-corrected chi connectivity index (χ4v) is 1.32. The van der Waals surface area contributed by atoms with E-state index in [1.165, 1.54) is 18.0 Å². The molecule has 0 spiro atoms. The number of rotatable bonds is 2. The van der Waals surface area contributed by atoms with Gasteiger partial charge in [0, 0.05) is 6.20 Å². The van der Waals surface area contributed by atoms with Crippen molar-refractivity contribution in [1.29, 1.82) is 0 Å². The molecule has 0 saturated carbocycles. The summed E-state index contributed by atoms with van der Waals surface area (Å²) < 4.78 is 5.02. The van der Waals surface area contributed by atoms with Gasteiger partial charge in [-0.3, -0.25) is 0 Å². The molecule has 0 aliphatic heterocycles. The summed E-state index contributed by atoms with van der Waals surface area (Å²) >= 11 is 1.34. The van der Waals surface area contributed by atoms with Gasteiger partial charge in [-0.05, 0) is 23.9 Å². The first kappa shape index (κ1) is 7.30. The highest BCUT2D eigenvalue weighted by atomic mass is 32.2. The summed E-state index contributed by atoms with van der Waals surface area (Å²) in [5.74, 6) is 0. The third-order valence-corrected chi connectivity index (χ3v) is 1.95. The van der Waals surface area contributed by atoms with Gasteiger partial charge in [-0.25, -0.2) is 4.98 Å². The number of nitrogens with zero attached hydrogens (tertiary/aromatic N) is 3. The van der Waals surface area contributed by atoms with Gasteiger partial charge in [-0.15, -0.1) is 5.10 Å². The number of hydrogen-bond donors (Lipinski definition) is 0. The molecule has 0 unspecified atom stereocenters. The summed E-state index contributed by atoms with van der Waals surface area (Å²) in [7, 11) is 0. The summed E-state index contributed by atoms with van der Waals surface area (Å²) in [6, 6.07) is 3.67. The smallest absolute Gasteiger partial charge is 0.262 e. The van der Waals surface area contributed by atoms with Crippen LogP contribution in [0.2, 0.25) is 0 Å². The predicted octanol–water partition coefficient (Wildman–Crippen LogP) is 1.62. The molecule has 12 heavy (non-hydrogen) atoms. The van der Waals surface area contributed by atoms with Gasteiger partial charge in [-0.1, -0.05) is 0 Å². The summed E-state index contributed by atoms with van der Waals surface area (Å²) in [5, 5.41) is 8.95. The van der Waals surface area contributed by atoms with Gasteiger partial charge in [0.25, 0.3) is 5.22 Å². The van der Waals surface area contributed by atoms with Crippen LogP contribution in [0.15, 0.2) is 45.5 Å². The number of hydrogen-bond acceptors (Lipinski definition) is 5. The zero-order valence-corrected chi connectivity index (χ0v) is 6.86. The maximum absolute atomic E-state index is 5.02. The van der Waals surface area contributed by atoms with Crippen LogP contribution in [0, 0.1) is 0 Å². The topological polar surface area (TPSA) is 51.8 Å². The van der Waals surface area contributed by atoms with Crippen LogP contribution < -0.4 is 0 Å². The quantitative estimate of drug-likeness (QED) is 0.701. The van der Waals surface area contributed by atoms with Crippen molar-refractivity contribution >= 4 is 11.8 Å². The van der Waals surface area contributed by atoms with E-state index in [4.69, 9.17) is 4.42 Å². The lowest BCUT2D eigenvalue weighted by Gasteiger charge is -1.91. The van der Waals surface area contributed by atoms with Crippen molar-refractivity contribution < 1.29 is 4.42 Å². The fraction of sp³-hybridized carbons (Fsp3) is 0. The minimum absolute atomic E-state index is 0.579. The predicted molar refractivity (Wildman–Crippen MR) is 42.7 cm³/mol. The maximum atomic E-state index is 5.02. The molecule has 0 N–H and O–H groups in total.